The molecule has 0 bridgehead atoms. The zero-order valence-electron chi connectivity index (χ0n) is 12.0. The summed E-state index contributed by atoms with van der Waals surface area (Å²) >= 11 is 4.89. The molecule has 2 N–H and O–H groups in total. The Labute approximate surface area is 120 Å². The molecule has 0 aromatic rings. The van der Waals surface area contributed by atoms with Gasteiger partial charge in [-0.25, -0.2) is 0 Å². The number of hydrogen-bond acceptors (Lipinski definition) is 3. The zero-order valence-corrected chi connectivity index (χ0v) is 12.9. The maximum absolute atomic E-state index is 12.4. The highest BCUT2D eigenvalue weighted by atomic mass is 32.1. The van der Waals surface area contributed by atoms with Gasteiger partial charge in [-0.2, -0.15) is 0 Å². The van der Waals surface area contributed by atoms with Gasteiger partial charge < -0.3 is 10.6 Å². The van der Waals surface area contributed by atoms with Gasteiger partial charge >= 0.3 is 0 Å². The van der Waals surface area contributed by atoms with Gasteiger partial charge in [-0.05, 0) is 31.0 Å². The van der Waals surface area contributed by atoms with E-state index in [1.54, 1.807) is 0 Å². The van der Waals surface area contributed by atoms with Crippen molar-refractivity contribution in [3.8, 4) is 0 Å². The van der Waals surface area contributed by atoms with E-state index in [2.05, 4.69) is 24.5 Å². The van der Waals surface area contributed by atoms with Crippen LogP contribution in [0.15, 0.2) is 0 Å². The lowest BCUT2D eigenvalue weighted by Gasteiger charge is -2.39. The minimum absolute atomic E-state index is 0.0254. The highest BCUT2D eigenvalue weighted by Crippen LogP contribution is 2.38. The second-order valence-electron chi connectivity index (χ2n) is 5.36. The molecule has 1 aliphatic heterocycles. The molecule has 0 aromatic heterocycles. The van der Waals surface area contributed by atoms with E-state index in [0.29, 0.717) is 6.42 Å². The van der Waals surface area contributed by atoms with Crippen LogP contribution in [0.5, 0.6) is 0 Å². The van der Waals surface area contributed by atoms with Crippen molar-refractivity contribution >= 4 is 29.1 Å². The maximum Gasteiger partial charge on any atom is 0.242 e. The summed E-state index contributed by atoms with van der Waals surface area (Å²) in [6, 6.07) is 0. The molecule has 4 nitrogen and oxygen atoms in total. The van der Waals surface area contributed by atoms with E-state index in [9.17, 15) is 9.59 Å². The third-order valence-electron chi connectivity index (χ3n) is 4.00. The fourth-order valence-electron chi connectivity index (χ4n) is 2.82. The summed E-state index contributed by atoms with van der Waals surface area (Å²) in [5, 5.41) is 5.38. The van der Waals surface area contributed by atoms with E-state index in [-0.39, 0.29) is 22.8 Å². The Kier molecular flexibility index (Phi) is 5.91. The third kappa shape index (κ3) is 3.32. The number of carbonyl (C=O) groups excluding carboxylic acids is 2. The van der Waals surface area contributed by atoms with Crippen molar-refractivity contribution in [3.63, 3.8) is 0 Å². The minimum atomic E-state index is -0.951. The SMILES string of the molecule is CCCCCC1([C@H](C)CCC)C(=O)NC(=S)NC1=O. The first-order chi connectivity index (χ1) is 8.98. The van der Waals surface area contributed by atoms with E-state index in [1.165, 1.54) is 0 Å². The van der Waals surface area contributed by atoms with Gasteiger partial charge in [-0.15, -0.1) is 0 Å². The van der Waals surface area contributed by atoms with Crippen LogP contribution in [0.1, 0.15) is 59.3 Å². The average Bonchev–Trinajstić information content (AvgIpc) is 2.33. The molecule has 1 rings (SSSR count). The molecule has 1 fully saturated rings. The molecule has 0 spiro atoms. The van der Waals surface area contributed by atoms with E-state index < -0.39 is 5.41 Å². The molecule has 0 aliphatic carbocycles. The minimum Gasteiger partial charge on any atom is -0.302 e. The van der Waals surface area contributed by atoms with Crippen molar-refractivity contribution < 1.29 is 9.59 Å². The standard InChI is InChI=1S/C14H24N2O2S/c1-4-6-7-9-14(10(3)8-5-2)11(17)15-13(19)16-12(14)18/h10H,4-9H2,1-3H3,(H2,15,16,17,18,19)/t10-/m1/s1. The van der Waals surface area contributed by atoms with Crippen molar-refractivity contribution in [2.75, 3.05) is 0 Å². The quantitative estimate of drug-likeness (QED) is 0.429. The van der Waals surface area contributed by atoms with Gasteiger partial charge in [0.2, 0.25) is 11.8 Å². The second-order valence-corrected chi connectivity index (χ2v) is 5.76. The van der Waals surface area contributed by atoms with Crippen LogP contribution < -0.4 is 10.6 Å². The van der Waals surface area contributed by atoms with Crippen LogP contribution in [0.25, 0.3) is 0 Å². The first-order valence-electron chi connectivity index (χ1n) is 7.15. The number of carbonyl (C=O) groups is 2. The Balaban J connectivity index is 2.98. The lowest BCUT2D eigenvalue weighted by molar-refractivity contribution is -0.148. The summed E-state index contributed by atoms with van der Waals surface area (Å²) in [4.78, 5) is 24.8. The molecule has 5 heteroatoms. The topological polar surface area (TPSA) is 58.2 Å². The van der Waals surface area contributed by atoms with Gasteiger partial charge in [0.25, 0.3) is 0 Å². The van der Waals surface area contributed by atoms with E-state index >= 15 is 0 Å². The van der Waals surface area contributed by atoms with Crippen LogP contribution in [0.4, 0.5) is 0 Å². The summed E-state index contributed by atoms with van der Waals surface area (Å²) in [5.74, 6) is -0.422. The number of unbranched alkanes of at least 4 members (excludes halogenated alkanes) is 2. The van der Waals surface area contributed by atoms with Crippen molar-refractivity contribution in [2.45, 2.75) is 59.3 Å². The molecule has 0 saturated carbocycles. The van der Waals surface area contributed by atoms with Crippen LogP contribution in [-0.4, -0.2) is 16.9 Å². The normalized spacial score (nSPS) is 19.8. The Morgan fingerprint density at radius 2 is 1.68 bits per heavy atom. The first kappa shape index (κ1) is 16.1. The van der Waals surface area contributed by atoms with E-state index in [0.717, 1.165) is 32.1 Å². The predicted octanol–water partition coefficient (Wildman–Crippen LogP) is 2.52. The fourth-order valence-corrected chi connectivity index (χ4v) is 3.00. The van der Waals surface area contributed by atoms with Crippen LogP contribution in [0.3, 0.4) is 0 Å². The number of thiocarbonyl (C=S) groups is 1. The first-order valence-corrected chi connectivity index (χ1v) is 7.56. The molecule has 19 heavy (non-hydrogen) atoms. The number of amides is 2. The lowest BCUT2D eigenvalue weighted by Crippen LogP contribution is -2.64. The molecule has 1 heterocycles. The average molecular weight is 284 g/mol. The largest absolute Gasteiger partial charge is 0.302 e. The molecule has 108 valence electrons. The molecule has 1 saturated heterocycles. The van der Waals surface area contributed by atoms with Crippen molar-refractivity contribution in [1.82, 2.24) is 10.6 Å². The number of rotatable bonds is 7. The zero-order chi connectivity index (χ0) is 14.5. The number of hydrogen-bond donors (Lipinski definition) is 2. The summed E-state index contributed by atoms with van der Waals surface area (Å²) in [5.41, 5.74) is -0.951. The van der Waals surface area contributed by atoms with Gasteiger partial charge in [0.05, 0.1) is 0 Å². The fraction of sp³-hybridized carbons (Fsp3) is 0.786. The number of nitrogens with one attached hydrogen (secondary N) is 2. The third-order valence-corrected chi connectivity index (χ3v) is 4.21. The van der Waals surface area contributed by atoms with Crippen LogP contribution in [-0.2, 0) is 9.59 Å². The molecular weight excluding hydrogens is 260 g/mol. The van der Waals surface area contributed by atoms with Gasteiger partial charge in [0, 0.05) is 0 Å². The maximum atomic E-state index is 12.4. The van der Waals surface area contributed by atoms with Crippen LogP contribution in [0, 0.1) is 11.3 Å². The summed E-state index contributed by atoms with van der Waals surface area (Å²) < 4.78 is 0. The molecule has 1 atom stereocenters. The Morgan fingerprint density at radius 3 is 2.16 bits per heavy atom. The summed E-state index contributed by atoms with van der Waals surface area (Å²) in [7, 11) is 0. The van der Waals surface area contributed by atoms with Gasteiger partial charge in [0.1, 0.15) is 5.41 Å². The molecule has 0 unspecified atom stereocenters. The summed E-state index contributed by atoms with van der Waals surface area (Å²) in [6.45, 7) is 6.17. The second kappa shape index (κ2) is 6.98. The molecular formula is C14H24N2O2S. The smallest absolute Gasteiger partial charge is 0.242 e. The Hall–Kier alpha value is -0.970. The Morgan fingerprint density at radius 1 is 1.11 bits per heavy atom. The highest BCUT2D eigenvalue weighted by molar-refractivity contribution is 7.80. The lowest BCUT2D eigenvalue weighted by atomic mass is 9.68. The van der Waals surface area contributed by atoms with Crippen LogP contribution >= 0.6 is 12.2 Å². The predicted molar refractivity (Wildman–Crippen MR) is 79.5 cm³/mol. The highest BCUT2D eigenvalue weighted by Gasteiger charge is 2.52. The van der Waals surface area contributed by atoms with Crippen molar-refractivity contribution in [2.24, 2.45) is 11.3 Å². The Bertz CT molecular complexity index is 348. The molecule has 0 aromatic carbocycles. The van der Waals surface area contributed by atoms with Gasteiger partial charge in [-0.1, -0.05) is 46.5 Å². The van der Waals surface area contributed by atoms with E-state index in [1.807, 2.05) is 6.92 Å². The van der Waals surface area contributed by atoms with E-state index in [4.69, 9.17) is 12.2 Å². The monoisotopic (exact) mass is 284 g/mol. The van der Waals surface area contributed by atoms with Crippen molar-refractivity contribution in [3.05, 3.63) is 0 Å². The molecule has 2 amide bonds. The van der Waals surface area contributed by atoms with Crippen LogP contribution in [0.2, 0.25) is 0 Å². The van der Waals surface area contributed by atoms with Gasteiger partial charge in [-0.3, -0.25) is 9.59 Å². The summed E-state index contributed by atoms with van der Waals surface area (Å²) in [6.07, 6.45) is 5.41. The molecule has 0 radical (unpaired) electrons. The molecule has 1 aliphatic rings. The van der Waals surface area contributed by atoms with Gasteiger partial charge in [0.15, 0.2) is 5.11 Å². The van der Waals surface area contributed by atoms with Crippen molar-refractivity contribution in [1.29, 1.82) is 0 Å².